The van der Waals surface area contributed by atoms with Gasteiger partial charge in [-0.3, -0.25) is 4.79 Å². The van der Waals surface area contributed by atoms with Gasteiger partial charge in [-0.1, -0.05) is 91.4 Å². The average Bonchev–Trinajstić information content (AvgIpc) is 2.59. The fourth-order valence-electron chi connectivity index (χ4n) is 3.11. The molecule has 0 unspecified atom stereocenters. The van der Waals surface area contributed by atoms with E-state index in [1.807, 2.05) is 0 Å². The van der Waals surface area contributed by atoms with E-state index < -0.39 is 0 Å². The van der Waals surface area contributed by atoms with Crippen LogP contribution in [0.5, 0.6) is 0 Å². The molecular formula is C21H44N2O. The molecule has 0 rings (SSSR count). The standard InChI is InChI=1S/C21H44N2O/c1-4-7-8-9-10-11-12-13-14-15-16-17-18-21(24)22-19-20-23(5-2)6-3/h4-20H2,1-3H3,(H,22,24). The third-order valence-electron chi connectivity index (χ3n) is 4.90. The first-order chi connectivity index (χ1) is 11.7. The minimum atomic E-state index is 0.231. The van der Waals surface area contributed by atoms with Crippen LogP contribution in [0.15, 0.2) is 0 Å². The topological polar surface area (TPSA) is 32.3 Å². The van der Waals surface area contributed by atoms with Crippen molar-refractivity contribution < 1.29 is 4.79 Å². The Bertz CT molecular complexity index is 265. The zero-order valence-corrected chi connectivity index (χ0v) is 16.9. The molecular weight excluding hydrogens is 296 g/mol. The van der Waals surface area contributed by atoms with Crippen molar-refractivity contribution >= 4 is 5.91 Å². The molecule has 0 aromatic rings. The van der Waals surface area contributed by atoms with Gasteiger partial charge in [0.15, 0.2) is 0 Å². The molecule has 0 aromatic carbocycles. The number of rotatable bonds is 18. The summed E-state index contributed by atoms with van der Waals surface area (Å²) >= 11 is 0. The van der Waals surface area contributed by atoms with Crippen molar-refractivity contribution in [1.82, 2.24) is 10.2 Å². The zero-order valence-electron chi connectivity index (χ0n) is 16.9. The van der Waals surface area contributed by atoms with Crippen molar-refractivity contribution in [3.63, 3.8) is 0 Å². The third-order valence-corrected chi connectivity index (χ3v) is 4.90. The highest BCUT2D eigenvalue weighted by Crippen LogP contribution is 2.12. The van der Waals surface area contributed by atoms with Gasteiger partial charge < -0.3 is 10.2 Å². The number of carbonyl (C=O) groups is 1. The lowest BCUT2D eigenvalue weighted by atomic mass is 10.0. The number of nitrogens with zero attached hydrogens (tertiary/aromatic N) is 1. The Morgan fingerprint density at radius 2 is 1.17 bits per heavy atom. The smallest absolute Gasteiger partial charge is 0.220 e. The van der Waals surface area contributed by atoms with Gasteiger partial charge in [0.05, 0.1) is 0 Å². The molecule has 1 N–H and O–H groups in total. The molecule has 0 bridgehead atoms. The van der Waals surface area contributed by atoms with Crippen molar-refractivity contribution in [3.05, 3.63) is 0 Å². The van der Waals surface area contributed by atoms with Gasteiger partial charge >= 0.3 is 0 Å². The third kappa shape index (κ3) is 16.3. The summed E-state index contributed by atoms with van der Waals surface area (Å²) < 4.78 is 0. The van der Waals surface area contributed by atoms with Gasteiger partial charge in [-0.2, -0.15) is 0 Å². The van der Waals surface area contributed by atoms with E-state index in [1.165, 1.54) is 70.6 Å². The first-order valence-corrected chi connectivity index (χ1v) is 10.7. The summed E-state index contributed by atoms with van der Waals surface area (Å²) in [6.45, 7) is 10.5. The van der Waals surface area contributed by atoms with Crippen LogP contribution < -0.4 is 5.32 Å². The van der Waals surface area contributed by atoms with E-state index in [9.17, 15) is 4.79 Å². The molecule has 0 saturated heterocycles. The normalized spacial score (nSPS) is 11.2. The highest BCUT2D eigenvalue weighted by atomic mass is 16.1. The van der Waals surface area contributed by atoms with Crippen molar-refractivity contribution in [1.29, 1.82) is 0 Å². The zero-order chi connectivity index (χ0) is 17.9. The fraction of sp³-hybridized carbons (Fsp3) is 0.952. The second-order valence-electron chi connectivity index (χ2n) is 7.02. The Labute approximate surface area is 152 Å². The Morgan fingerprint density at radius 1 is 0.708 bits per heavy atom. The van der Waals surface area contributed by atoms with Crippen LogP contribution in [0.4, 0.5) is 0 Å². The van der Waals surface area contributed by atoms with Gasteiger partial charge in [0, 0.05) is 19.5 Å². The van der Waals surface area contributed by atoms with Crippen LogP contribution in [0.1, 0.15) is 104 Å². The van der Waals surface area contributed by atoms with Gasteiger partial charge in [-0.25, -0.2) is 0 Å². The molecule has 0 heterocycles. The number of nitrogens with one attached hydrogen (secondary N) is 1. The molecule has 0 atom stereocenters. The molecule has 24 heavy (non-hydrogen) atoms. The van der Waals surface area contributed by atoms with Gasteiger partial charge in [0.2, 0.25) is 5.91 Å². The SMILES string of the molecule is CCCCCCCCCCCCCCC(=O)NCCN(CC)CC. The van der Waals surface area contributed by atoms with Gasteiger partial charge in [0.1, 0.15) is 0 Å². The van der Waals surface area contributed by atoms with E-state index in [4.69, 9.17) is 0 Å². The first-order valence-electron chi connectivity index (χ1n) is 10.7. The van der Waals surface area contributed by atoms with Crippen molar-refractivity contribution in [2.45, 2.75) is 104 Å². The summed E-state index contributed by atoms with van der Waals surface area (Å²) in [6, 6.07) is 0. The number of hydrogen-bond donors (Lipinski definition) is 1. The van der Waals surface area contributed by atoms with Gasteiger partial charge in [-0.15, -0.1) is 0 Å². The highest BCUT2D eigenvalue weighted by molar-refractivity contribution is 5.75. The number of likely N-dealkylation sites (N-methyl/N-ethyl adjacent to an activating group) is 1. The lowest BCUT2D eigenvalue weighted by molar-refractivity contribution is -0.121. The van der Waals surface area contributed by atoms with Crippen LogP contribution in [-0.4, -0.2) is 37.0 Å². The molecule has 144 valence electrons. The fourth-order valence-corrected chi connectivity index (χ4v) is 3.11. The summed E-state index contributed by atoms with van der Waals surface area (Å²) in [7, 11) is 0. The molecule has 0 aliphatic heterocycles. The molecule has 0 aromatic heterocycles. The van der Waals surface area contributed by atoms with E-state index in [2.05, 4.69) is 31.0 Å². The van der Waals surface area contributed by atoms with E-state index in [0.29, 0.717) is 6.42 Å². The van der Waals surface area contributed by atoms with Gasteiger partial charge in [0.25, 0.3) is 0 Å². The summed E-state index contributed by atoms with van der Waals surface area (Å²) in [4.78, 5) is 14.1. The van der Waals surface area contributed by atoms with Crippen LogP contribution in [0.2, 0.25) is 0 Å². The molecule has 1 amide bonds. The predicted molar refractivity (Wildman–Crippen MR) is 106 cm³/mol. The number of unbranched alkanes of at least 4 members (excludes halogenated alkanes) is 11. The van der Waals surface area contributed by atoms with Crippen molar-refractivity contribution in [2.24, 2.45) is 0 Å². The Morgan fingerprint density at radius 3 is 1.62 bits per heavy atom. The Hall–Kier alpha value is -0.570. The van der Waals surface area contributed by atoms with E-state index >= 15 is 0 Å². The minimum Gasteiger partial charge on any atom is -0.355 e. The maximum absolute atomic E-state index is 11.8. The maximum atomic E-state index is 11.8. The largest absolute Gasteiger partial charge is 0.355 e. The van der Waals surface area contributed by atoms with E-state index in [0.717, 1.165) is 32.6 Å². The van der Waals surface area contributed by atoms with E-state index in [-0.39, 0.29) is 5.91 Å². The second kappa shape index (κ2) is 18.8. The van der Waals surface area contributed by atoms with Crippen LogP contribution in [0.25, 0.3) is 0 Å². The van der Waals surface area contributed by atoms with Crippen LogP contribution in [0, 0.1) is 0 Å². The first kappa shape index (κ1) is 23.4. The predicted octanol–water partition coefficient (Wildman–Crippen LogP) is 5.54. The highest BCUT2D eigenvalue weighted by Gasteiger charge is 2.02. The average molecular weight is 341 g/mol. The van der Waals surface area contributed by atoms with Crippen molar-refractivity contribution in [2.75, 3.05) is 26.2 Å². The van der Waals surface area contributed by atoms with E-state index in [1.54, 1.807) is 0 Å². The number of amides is 1. The lowest BCUT2D eigenvalue weighted by Crippen LogP contribution is -2.34. The maximum Gasteiger partial charge on any atom is 0.220 e. The molecule has 0 spiro atoms. The molecule has 0 aliphatic carbocycles. The molecule has 0 radical (unpaired) electrons. The Kier molecular flexibility index (Phi) is 18.3. The number of hydrogen-bond acceptors (Lipinski definition) is 2. The van der Waals surface area contributed by atoms with Crippen LogP contribution >= 0.6 is 0 Å². The quantitative estimate of drug-likeness (QED) is 0.332. The molecule has 0 aliphatic rings. The van der Waals surface area contributed by atoms with Gasteiger partial charge in [-0.05, 0) is 19.5 Å². The molecule has 3 nitrogen and oxygen atoms in total. The minimum absolute atomic E-state index is 0.231. The summed E-state index contributed by atoms with van der Waals surface area (Å²) in [5, 5.41) is 3.04. The second-order valence-corrected chi connectivity index (χ2v) is 7.02. The monoisotopic (exact) mass is 340 g/mol. The number of carbonyl (C=O) groups excluding carboxylic acids is 1. The van der Waals surface area contributed by atoms with Crippen molar-refractivity contribution in [3.8, 4) is 0 Å². The summed E-state index contributed by atoms with van der Waals surface area (Å²) in [5.41, 5.74) is 0. The molecule has 0 saturated carbocycles. The Balaban J connectivity index is 3.22. The summed E-state index contributed by atoms with van der Waals surface area (Å²) in [5.74, 6) is 0.231. The lowest BCUT2D eigenvalue weighted by Gasteiger charge is -2.17. The van der Waals surface area contributed by atoms with Crippen LogP contribution in [-0.2, 0) is 4.79 Å². The molecule has 3 heteroatoms. The summed E-state index contributed by atoms with van der Waals surface area (Å²) in [6.07, 6.45) is 16.8. The molecule has 0 fully saturated rings. The van der Waals surface area contributed by atoms with Crippen LogP contribution in [0.3, 0.4) is 0 Å².